The van der Waals surface area contributed by atoms with Gasteiger partial charge in [0.2, 0.25) is 0 Å². The third-order valence-electron chi connectivity index (χ3n) is 4.94. The summed E-state index contributed by atoms with van der Waals surface area (Å²) in [5, 5.41) is 0. The first-order chi connectivity index (χ1) is 9.20. The zero-order chi connectivity index (χ0) is 13.4. The van der Waals surface area contributed by atoms with Gasteiger partial charge in [0.05, 0.1) is 0 Å². The molecule has 1 aliphatic carbocycles. The summed E-state index contributed by atoms with van der Waals surface area (Å²) >= 11 is 3.70. The average molecular weight is 323 g/mol. The van der Waals surface area contributed by atoms with Crippen molar-refractivity contribution in [2.24, 2.45) is 11.7 Å². The van der Waals surface area contributed by atoms with Crippen molar-refractivity contribution in [3.8, 4) is 0 Å². The molecule has 104 valence electrons. The average Bonchev–Trinajstić information content (AvgIpc) is 2.85. The van der Waals surface area contributed by atoms with Crippen molar-refractivity contribution in [3.05, 3.63) is 33.8 Å². The Kier molecular flexibility index (Phi) is 3.97. The minimum Gasteiger partial charge on any atom is -0.330 e. The summed E-state index contributed by atoms with van der Waals surface area (Å²) in [6, 6.07) is 7.96. The van der Waals surface area contributed by atoms with Crippen molar-refractivity contribution in [1.29, 1.82) is 0 Å². The maximum atomic E-state index is 5.89. The van der Waals surface area contributed by atoms with E-state index in [9.17, 15) is 0 Å². The molecule has 0 radical (unpaired) electrons. The summed E-state index contributed by atoms with van der Waals surface area (Å²) in [6.45, 7) is 4.39. The molecular weight excluding hydrogens is 300 g/mol. The molecule has 2 nitrogen and oxygen atoms in total. The van der Waals surface area contributed by atoms with Crippen LogP contribution < -0.4 is 5.73 Å². The van der Waals surface area contributed by atoms with Crippen LogP contribution in [0.15, 0.2) is 22.7 Å². The number of likely N-dealkylation sites (tertiary alicyclic amines) is 1. The molecule has 3 atom stereocenters. The SMILES string of the molecule is CC1CCC(CN)CN1C1CCc2c(Br)cccc21. The highest BCUT2D eigenvalue weighted by Crippen LogP contribution is 2.42. The van der Waals surface area contributed by atoms with Crippen LogP contribution >= 0.6 is 15.9 Å². The number of hydrogen-bond donors (Lipinski definition) is 1. The largest absolute Gasteiger partial charge is 0.330 e. The van der Waals surface area contributed by atoms with Crippen LogP contribution in [0.1, 0.15) is 43.4 Å². The molecule has 1 heterocycles. The first-order valence-electron chi connectivity index (χ1n) is 7.43. The zero-order valence-electron chi connectivity index (χ0n) is 11.6. The lowest BCUT2D eigenvalue weighted by Crippen LogP contribution is -2.45. The van der Waals surface area contributed by atoms with Crippen LogP contribution in [0.5, 0.6) is 0 Å². The third kappa shape index (κ3) is 2.48. The van der Waals surface area contributed by atoms with E-state index in [2.05, 4.69) is 46.0 Å². The van der Waals surface area contributed by atoms with Crippen molar-refractivity contribution in [2.45, 2.75) is 44.7 Å². The molecule has 1 fully saturated rings. The summed E-state index contributed by atoms with van der Waals surface area (Å²) in [5.41, 5.74) is 8.96. The molecule has 3 heteroatoms. The van der Waals surface area contributed by atoms with Crippen molar-refractivity contribution in [1.82, 2.24) is 4.90 Å². The smallest absolute Gasteiger partial charge is 0.0357 e. The summed E-state index contributed by atoms with van der Waals surface area (Å²) in [5.74, 6) is 0.687. The van der Waals surface area contributed by atoms with Crippen molar-refractivity contribution >= 4 is 15.9 Å². The van der Waals surface area contributed by atoms with Crippen LogP contribution in [-0.2, 0) is 6.42 Å². The number of piperidine rings is 1. The number of fused-ring (bicyclic) bond motifs is 1. The predicted octanol–water partition coefficient (Wildman–Crippen LogP) is 3.50. The number of rotatable bonds is 2. The highest BCUT2D eigenvalue weighted by molar-refractivity contribution is 9.10. The van der Waals surface area contributed by atoms with Crippen LogP contribution in [0.2, 0.25) is 0 Å². The second-order valence-electron chi connectivity index (χ2n) is 6.09. The van der Waals surface area contributed by atoms with E-state index < -0.39 is 0 Å². The standard InChI is InChI=1S/C16H23BrN2/c1-11-5-6-12(9-18)10-19(11)16-8-7-13-14(16)3-2-4-15(13)17/h2-4,11-12,16H,5-10,18H2,1H3. The molecule has 3 unspecified atom stereocenters. The Morgan fingerprint density at radius 2 is 2.16 bits per heavy atom. The van der Waals surface area contributed by atoms with Crippen molar-refractivity contribution in [2.75, 3.05) is 13.1 Å². The van der Waals surface area contributed by atoms with Crippen LogP contribution in [0.4, 0.5) is 0 Å². The normalized spacial score (nSPS) is 31.4. The Bertz CT molecular complexity index is 460. The number of nitrogens with zero attached hydrogens (tertiary/aromatic N) is 1. The predicted molar refractivity (Wildman–Crippen MR) is 83.2 cm³/mol. The second kappa shape index (κ2) is 5.55. The van der Waals surface area contributed by atoms with Crippen molar-refractivity contribution in [3.63, 3.8) is 0 Å². The van der Waals surface area contributed by atoms with E-state index in [1.165, 1.54) is 42.3 Å². The summed E-state index contributed by atoms with van der Waals surface area (Å²) in [6.07, 6.45) is 5.06. The number of benzene rings is 1. The van der Waals surface area contributed by atoms with Gasteiger partial charge in [-0.3, -0.25) is 4.90 Å². The van der Waals surface area contributed by atoms with Gasteiger partial charge >= 0.3 is 0 Å². The minimum atomic E-state index is 0.608. The second-order valence-corrected chi connectivity index (χ2v) is 6.94. The molecule has 0 amide bonds. The van der Waals surface area contributed by atoms with Gasteiger partial charge in [0.15, 0.2) is 0 Å². The molecule has 19 heavy (non-hydrogen) atoms. The van der Waals surface area contributed by atoms with Gasteiger partial charge in [-0.2, -0.15) is 0 Å². The number of halogens is 1. The molecule has 0 saturated carbocycles. The van der Waals surface area contributed by atoms with Gasteiger partial charge in [-0.1, -0.05) is 28.1 Å². The molecule has 0 aromatic heterocycles. The van der Waals surface area contributed by atoms with E-state index in [0.29, 0.717) is 18.0 Å². The monoisotopic (exact) mass is 322 g/mol. The van der Waals surface area contributed by atoms with Gasteiger partial charge in [0.25, 0.3) is 0 Å². The van der Waals surface area contributed by atoms with Gasteiger partial charge in [-0.25, -0.2) is 0 Å². The van der Waals surface area contributed by atoms with E-state index in [-0.39, 0.29) is 0 Å². The zero-order valence-corrected chi connectivity index (χ0v) is 13.2. The maximum absolute atomic E-state index is 5.89. The van der Waals surface area contributed by atoms with E-state index >= 15 is 0 Å². The molecule has 0 bridgehead atoms. The molecule has 1 aromatic rings. The first kappa shape index (κ1) is 13.6. The fourth-order valence-corrected chi connectivity index (χ4v) is 4.35. The Morgan fingerprint density at radius 3 is 2.95 bits per heavy atom. The molecule has 3 rings (SSSR count). The Hall–Kier alpha value is -0.380. The molecule has 1 aromatic carbocycles. The van der Waals surface area contributed by atoms with Gasteiger partial charge < -0.3 is 5.73 Å². The maximum Gasteiger partial charge on any atom is 0.0357 e. The van der Waals surface area contributed by atoms with E-state index in [0.717, 1.165) is 6.54 Å². The number of nitrogens with two attached hydrogens (primary N) is 1. The summed E-state index contributed by atoms with van der Waals surface area (Å²) in [7, 11) is 0. The van der Waals surface area contributed by atoms with Gasteiger partial charge in [-0.15, -0.1) is 0 Å². The summed E-state index contributed by atoms with van der Waals surface area (Å²) < 4.78 is 1.28. The van der Waals surface area contributed by atoms with Gasteiger partial charge in [0.1, 0.15) is 0 Å². The third-order valence-corrected chi connectivity index (χ3v) is 5.69. The molecule has 2 aliphatic rings. The van der Waals surface area contributed by atoms with E-state index in [1.54, 1.807) is 5.56 Å². The Labute approximate surface area is 124 Å². The van der Waals surface area contributed by atoms with Crippen molar-refractivity contribution < 1.29 is 0 Å². The Balaban J connectivity index is 1.86. The van der Waals surface area contributed by atoms with Crippen LogP contribution in [0, 0.1) is 5.92 Å². The lowest BCUT2D eigenvalue weighted by atomic mass is 9.91. The summed E-state index contributed by atoms with van der Waals surface area (Å²) in [4.78, 5) is 2.71. The Morgan fingerprint density at radius 1 is 1.32 bits per heavy atom. The number of hydrogen-bond acceptors (Lipinski definition) is 2. The molecular formula is C16H23BrN2. The minimum absolute atomic E-state index is 0.608. The fourth-order valence-electron chi connectivity index (χ4n) is 3.77. The highest BCUT2D eigenvalue weighted by atomic mass is 79.9. The van der Waals surface area contributed by atoms with E-state index in [4.69, 9.17) is 5.73 Å². The lowest BCUT2D eigenvalue weighted by Gasteiger charge is -2.41. The van der Waals surface area contributed by atoms with Crippen LogP contribution in [0.25, 0.3) is 0 Å². The molecule has 1 aliphatic heterocycles. The topological polar surface area (TPSA) is 29.3 Å². The lowest BCUT2D eigenvalue weighted by molar-refractivity contribution is 0.0738. The van der Waals surface area contributed by atoms with E-state index in [1.807, 2.05) is 0 Å². The highest BCUT2D eigenvalue weighted by Gasteiger charge is 2.34. The molecule has 1 saturated heterocycles. The van der Waals surface area contributed by atoms with Gasteiger partial charge in [-0.05, 0) is 62.3 Å². The molecule has 0 spiro atoms. The van der Waals surface area contributed by atoms with Crippen LogP contribution in [0.3, 0.4) is 0 Å². The fraction of sp³-hybridized carbons (Fsp3) is 0.625. The van der Waals surface area contributed by atoms with Crippen LogP contribution in [-0.4, -0.2) is 24.0 Å². The first-order valence-corrected chi connectivity index (χ1v) is 8.23. The quantitative estimate of drug-likeness (QED) is 0.903. The van der Waals surface area contributed by atoms with Gasteiger partial charge in [0, 0.05) is 23.1 Å². The molecule has 2 N–H and O–H groups in total.